The average molecular weight is 537 g/mol. The lowest BCUT2D eigenvalue weighted by atomic mass is 9.92. The molecule has 0 bridgehead atoms. The second-order valence-electron chi connectivity index (χ2n) is 12.0. The maximum atomic E-state index is 12.2. The van der Waals surface area contributed by atoms with Crippen LogP contribution < -0.4 is 0 Å². The van der Waals surface area contributed by atoms with Crippen LogP contribution in [0, 0.1) is 5.92 Å². The molecule has 0 rings (SSSR count). The summed E-state index contributed by atoms with van der Waals surface area (Å²) in [6, 6.07) is 0. The van der Waals surface area contributed by atoms with Gasteiger partial charge in [0.15, 0.2) is 0 Å². The van der Waals surface area contributed by atoms with E-state index in [9.17, 15) is 9.59 Å². The van der Waals surface area contributed by atoms with Gasteiger partial charge in [-0.1, -0.05) is 156 Å². The summed E-state index contributed by atoms with van der Waals surface area (Å²) in [5, 5.41) is 0. The van der Waals surface area contributed by atoms with Crippen LogP contribution >= 0.6 is 0 Å². The maximum Gasteiger partial charge on any atom is 0.305 e. The van der Waals surface area contributed by atoms with Gasteiger partial charge >= 0.3 is 5.97 Å². The van der Waals surface area contributed by atoms with E-state index < -0.39 is 0 Å². The predicted molar refractivity (Wildman–Crippen MR) is 166 cm³/mol. The van der Waals surface area contributed by atoms with Crippen LogP contribution in [-0.4, -0.2) is 18.4 Å². The highest BCUT2D eigenvalue weighted by Crippen LogP contribution is 2.22. The van der Waals surface area contributed by atoms with Gasteiger partial charge in [0.1, 0.15) is 5.78 Å². The predicted octanol–water partition coefficient (Wildman–Crippen LogP) is 11.7. The summed E-state index contributed by atoms with van der Waals surface area (Å²) in [6.45, 7) is 7.39. The molecule has 0 N–H and O–H groups in total. The Balaban J connectivity index is 3.76. The van der Waals surface area contributed by atoms with E-state index in [0.29, 0.717) is 18.8 Å². The molecule has 0 aliphatic carbocycles. The third kappa shape index (κ3) is 28.2. The first-order valence-electron chi connectivity index (χ1n) is 17.3. The summed E-state index contributed by atoms with van der Waals surface area (Å²) in [4.78, 5) is 24.3. The third-order valence-electron chi connectivity index (χ3n) is 8.12. The Morgan fingerprint density at radius 3 is 1.26 bits per heavy atom. The summed E-state index contributed by atoms with van der Waals surface area (Å²) in [5.41, 5.74) is 0. The molecule has 0 atom stereocenters. The Hall–Kier alpha value is -0.860. The van der Waals surface area contributed by atoms with E-state index >= 15 is 0 Å². The molecule has 38 heavy (non-hydrogen) atoms. The second-order valence-corrected chi connectivity index (χ2v) is 12.0. The highest BCUT2D eigenvalue weighted by atomic mass is 16.5. The number of ketones is 1. The first-order chi connectivity index (χ1) is 18.6. The van der Waals surface area contributed by atoms with E-state index in [1.165, 1.54) is 122 Å². The Labute approximate surface area is 239 Å². The normalized spacial score (nSPS) is 11.4. The molecule has 3 heteroatoms. The van der Waals surface area contributed by atoms with Crippen molar-refractivity contribution in [3.05, 3.63) is 0 Å². The molecule has 0 amide bonds. The summed E-state index contributed by atoms with van der Waals surface area (Å²) in [7, 11) is 0. The summed E-state index contributed by atoms with van der Waals surface area (Å²) < 4.78 is 5.61. The summed E-state index contributed by atoms with van der Waals surface area (Å²) in [5.74, 6) is 1.12. The smallest absolute Gasteiger partial charge is 0.305 e. The van der Waals surface area contributed by atoms with Gasteiger partial charge in [-0.2, -0.15) is 0 Å². The Morgan fingerprint density at radius 1 is 0.447 bits per heavy atom. The quantitative estimate of drug-likeness (QED) is 0.0653. The third-order valence-corrected chi connectivity index (χ3v) is 8.12. The van der Waals surface area contributed by atoms with Crippen LogP contribution in [-0.2, 0) is 14.3 Å². The van der Waals surface area contributed by atoms with Crippen molar-refractivity contribution in [2.24, 2.45) is 5.92 Å². The van der Waals surface area contributed by atoms with Gasteiger partial charge in [-0.15, -0.1) is 0 Å². The van der Waals surface area contributed by atoms with Crippen molar-refractivity contribution >= 4 is 11.8 Å². The molecule has 0 unspecified atom stereocenters. The van der Waals surface area contributed by atoms with Crippen molar-refractivity contribution in [3.8, 4) is 0 Å². The minimum absolute atomic E-state index is 0.0274. The molecular weight excluding hydrogens is 468 g/mol. The van der Waals surface area contributed by atoms with Gasteiger partial charge in [0.25, 0.3) is 0 Å². The van der Waals surface area contributed by atoms with Gasteiger partial charge in [0.2, 0.25) is 0 Å². The van der Waals surface area contributed by atoms with Crippen molar-refractivity contribution < 1.29 is 14.3 Å². The molecule has 0 spiro atoms. The standard InChI is InChI=1S/C35H68O3/c1-4-7-10-13-14-15-18-23-28-34(36)29-24-19-20-25-30-35(37)38-32-31-33(26-21-16-11-8-5-2)27-22-17-12-9-6-3/h33H,4-32H2,1-3H3. The van der Waals surface area contributed by atoms with Crippen molar-refractivity contribution in [2.45, 2.75) is 201 Å². The van der Waals surface area contributed by atoms with Crippen LogP contribution in [0.5, 0.6) is 0 Å². The number of hydrogen-bond acceptors (Lipinski definition) is 3. The van der Waals surface area contributed by atoms with Gasteiger partial charge in [-0.3, -0.25) is 9.59 Å². The fraction of sp³-hybridized carbons (Fsp3) is 0.943. The molecular formula is C35H68O3. The highest BCUT2D eigenvalue weighted by molar-refractivity contribution is 5.78. The van der Waals surface area contributed by atoms with Gasteiger partial charge in [0.05, 0.1) is 6.61 Å². The van der Waals surface area contributed by atoms with Gasteiger partial charge in [-0.25, -0.2) is 0 Å². The molecule has 0 heterocycles. The average Bonchev–Trinajstić information content (AvgIpc) is 2.91. The molecule has 0 saturated heterocycles. The number of carbonyl (C=O) groups excluding carboxylic acids is 2. The van der Waals surface area contributed by atoms with Gasteiger partial charge in [-0.05, 0) is 31.6 Å². The molecule has 0 aliphatic rings. The fourth-order valence-corrected chi connectivity index (χ4v) is 5.44. The van der Waals surface area contributed by atoms with Crippen LogP contribution in [0.2, 0.25) is 0 Å². The van der Waals surface area contributed by atoms with E-state index in [1.54, 1.807) is 0 Å². The van der Waals surface area contributed by atoms with Crippen LogP contribution in [0.3, 0.4) is 0 Å². The highest BCUT2D eigenvalue weighted by Gasteiger charge is 2.11. The SMILES string of the molecule is CCCCCCCCCCC(=O)CCCCCCC(=O)OCCC(CCCCCCC)CCCCCCC. The number of unbranched alkanes of at least 4 members (excludes halogenated alkanes) is 18. The number of carbonyl (C=O) groups is 2. The fourth-order valence-electron chi connectivity index (χ4n) is 5.44. The number of Topliss-reactive ketones (excluding diaryl/α,β-unsaturated/α-hetero) is 1. The largest absolute Gasteiger partial charge is 0.466 e. The zero-order chi connectivity index (χ0) is 27.9. The number of ether oxygens (including phenoxy) is 1. The maximum absolute atomic E-state index is 12.2. The molecule has 0 aromatic rings. The molecule has 0 aliphatic heterocycles. The lowest BCUT2D eigenvalue weighted by Gasteiger charge is -2.17. The monoisotopic (exact) mass is 537 g/mol. The molecule has 0 radical (unpaired) electrons. The molecule has 0 fully saturated rings. The van der Waals surface area contributed by atoms with Crippen molar-refractivity contribution in [1.82, 2.24) is 0 Å². The Morgan fingerprint density at radius 2 is 0.816 bits per heavy atom. The van der Waals surface area contributed by atoms with Crippen molar-refractivity contribution in [3.63, 3.8) is 0 Å². The first-order valence-corrected chi connectivity index (χ1v) is 17.3. The van der Waals surface area contributed by atoms with Crippen molar-refractivity contribution in [2.75, 3.05) is 6.61 Å². The lowest BCUT2D eigenvalue weighted by molar-refractivity contribution is -0.144. The second kappa shape index (κ2) is 30.7. The summed E-state index contributed by atoms with van der Waals surface area (Å²) >= 11 is 0. The Kier molecular flexibility index (Phi) is 30.0. The molecule has 0 aromatic heterocycles. The summed E-state index contributed by atoms with van der Waals surface area (Å²) in [6.07, 6.45) is 33.3. The Bertz CT molecular complexity index is 487. The zero-order valence-corrected chi connectivity index (χ0v) is 26.3. The topological polar surface area (TPSA) is 43.4 Å². The minimum atomic E-state index is -0.0274. The van der Waals surface area contributed by atoms with E-state index in [1.807, 2.05) is 0 Å². The van der Waals surface area contributed by atoms with Crippen molar-refractivity contribution in [1.29, 1.82) is 0 Å². The minimum Gasteiger partial charge on any atom is -0.466 e. The van der Waals surface area contributed by atoms with Gasteiger partial charge in [0, 0.05) is 19.3 Å². The molecule has 226 valence electrons. The zero-order valence-electron chi connectivity index (χ0n) is 26.3. The van der Waals surface area contributed by atoms with Crippen LogP contribution in [0.4, 0.5) is 0 Å². The van der Waals surface area contributed by atoms with Crippen LogP contribution in [0.15, 0.2) is 0 Å². The number of hydrogen-bond donors (Lipinski definition) is 0. The molecule has 0 saturated carbocycles. The first kappa shape index (κ1) is 37.1. The van der Waals surface area contributed by atoms with E-state index in [0.717, 1.165) is 57.3 Å². The number of esters is 1. The lowest BCUT2D eigenvalue weighted by Crippen LogP contribution is -2.10. The van der Waals surface area contributed by atoms with Gasteiger partial charge < -0.3 is 4.74 Å². The van der Waals surface area contributed by atoms with E-state index in [2.05, 4.69) is 20.8 Å². The van der Waals surface area contributed by atoms with E-state index in [-0.39, 0.29) is 5.97 Å². The molecule has 0 aromatic carbocycles. The van der Waals surface area contributed by atoms with Crippen LogP contribution in [0.1, 0.15) is 201 Å². The number of rotatable bonds is 31. The van der Waals surface area contributed by atoms with Crippen LogP contribution in [0.25, 0.3) is 0 Å². The van der Waals surface area contributed by atoms with E-state index in [4.69, 9.17) is 4.74 Å². The molecule has 3 nitrogen and oxygen atoms in total.